The quantitative estimate of drug-likeness (QED) is 0.773. The van der Waals surface area contributed by atoms with E-state index in [0.717, 1.165) is 6.26 Å². The van der Waals surface area contributed by atoms with Crippen molar-refractivity contribution < 1.29 is 18.8 Å². The van der Waals surface area contributed by atoms with Gasteiger partial charge in [-0.1, -0.05) is 5.16 Å². The Morgan fingerprint density at radius 3 is 3.07 bits per heavy atom. The molecule has 2 aromatic heterocycles. The highest BCUT2D eigenvalue weighted by atomic mass is 16.5. The van der Waals surface area contributed by atoms with Gasteiger partial charge in [0.05, 0.1) is 6.54 Å². The normalized spacial score (nSPS) is 10.1. The highest BCUT2D eigenvalue weighted by molar-refractivity contribution is 5.85. The van der Waals surface area contributed by atoms with E-state index in [1.807, 2.05) is 0 Å². The molecule has 0 fully saturated rings. The Balaban J connectivity index is 1.96. The molecular weight excluding hydrogens is 202 g/mol. The first kappa shape index (κ1) is 9.25. The molecule has 0 spiro atoms. The van der Waals surface area contributed by atoms with Crippen LogP contribution in [-0.2, 0) is 6.54 Å². The Morgan fingerprint density at radius 2 is 2.47 bits per heavy atom. The smallest absolute Gasteiger partial charge is 0.357 e. The van der Waals surface area contributed by atoms with Crippen LogP contribution in [0.3, 0.4) is 0 Å². The van der Waals surface area contributed by atoms with Crippen LogP contribution in [0.5, 0.6) is 0 Å². The number of carbonyl (C=O) groups is 1. The average Bonchev–Trinajstić information content (AvgIpc) is 2.86. The van der Waals surface area contributed by atoms with Crippen LogP contribution in [0, 0.1) is 0 Å². The van der Waals surface area contributed by atoms with Crippen molar-refractivity contribution in [3.8, 4) is 0 Å². The molecule has 0 amide bonds. The second kappa shape index (κ2) is 3.82. The SMILES string of the molecule is O=C(O)c1coc(NCc2ccon2)n1. The summed E-state index contributed by atoms with van der Waals surface area (Å²) in [5, 5.41) is 15.0. The summed E-state index contributed by atoms with van der Waals surface area (Å²) in [5.74, 6) is -1.13. The highest BCUT2D eigenvalue weighted by Gasteiger charge is 2.09. The van der Waals surface area contributed by atoms with Gasteiger partial charge in [0.1, 0.15) is 18.2 Å². The highest BCUT2D eigenvalue weighted by Crippen LogP contribution is 2.08. The first-order valence-corrected chi connectivity index (χ1v) is 4.07. The van der Waals surface area contributed by atoms with Crippen molar-refractivity contribution in [3.63, 3.8) is 0 Å². The molecule has 0 saturated heterocycles. The lowest BCUT2D eigenvalue weighted by Crippen LogP contribution is -2.01. The molecule has 2 rings (SSSR count). The van der Waals surface area contributed by atoms with Gasteiger partial charge in [-0.3, -0.25) is 0 Å². The predicted molar refractivity (Wildman–Crippen MR) is 47.3 cm³/mol. The molecule has 2 N–H and O–H groups in total. The van der Waals surface area contributed by atoms with Gasteiger partial charge in [-0.05, 0) is 0 Å². The molecule has 7 nitrogen and oxygen atoms in total. The fraction of sp³-hybridized carbons (Fsp3) is 0.125. The van der Waals surface area contributed by atoms with Crippen molar-refractivity contribution in [2.45, 2.75) is 6.54 Å². The van der Waals surface area contributed by atoms with Crippen LogP contribution in [0.2, 0.25) is 0 Å². The number of hydrogen-bond donors (Lipinski definition) is 2. The third-order valence-corrected chi connectivity index (χ3v) is 1.64. The lowest BCUT2D eigenvalue weighted by atomic mass is 10.4. The number of nitrogens with one attached hydrogen (secondary N) is 1. The van der Waals surface area contributed by atoms with Crippen molar-refractivity contribution in [3.05, 3.63) is 30.0 Å². The summed E-state index contributed by atoms with van der Waals surface area (Å²) in [6.07, 6.45) is 2.50. The zero-order valence-electron chi connectivity index (χ0n) is 7.51. The van der Waals surface area contributed by atoms with Gasteiger partial charge in [-0.2, -0.15) is 4.98 Å². The van der Waals surface area contributed by atoms with Crippen LogP contribution in [0.25, 0.3) is 0 Å². The maximum atomic E-state index is 10.5. The Labute approximate surface area is 83.7 Å². The predicted octanol–water partition coefficient (Wildman–Crippen LogP) is 0.973. The number of carboxylic acid groups (broad SMARTS) is 1. The van der Waals surface area contributed by atoms with Crippen molar-refractivity contribution in [2.24, 2.45) is 0 Å². The third-order valence-electron chi connectivity index (χ3n) is 1.64. The summed E-state index contributed by atoms with van der Waals surface area (Å²) in [6, 6.07) is 1.81. The number of nitrogens with zero attached hydrogens (tertiary/aromatic N) is 2. The van der Waals surface area contributed by atoms with E-state index >= 15 is 0 Å². The van der Waals surface area contributed by atoms with Crippen LogP contribution in [0.15, 0.2) is 27.5 Å². The molecule has 7 heteroatoms. The first-order chi connectivity index (χ1) is 7.25. The number of hydrogen-bond acceptors (Lipinski definition) is 6. The second-order valence-electron chi connectivity index (χ2n) is 2.69. The molecule has 0 aromatic carbocycles. The van der Waals surface area contributed by atoms with E-state index in [9.17, 15) is 4.79 Å². The summed E-state index contributed by atoms with van der Waals surface area (Å²) in [4.78, 5) is 14.1. The number of carboxylic acids is 1. The summed E-state index contributed by atoms with van der Waals surface area (Å²) in [7, 11) is 0. The number of rotatable bonds is 4. The molecular formula is C8H7N3O4. The summed E-state index contributed by atoms with van der Waals surface area (Å²) < 4.78 is 9.47. The topological polar surface area (TPSA) is 101 Å². The fourth-order valence-electron chi connectivity index (χ4n) is 0.948. The molecule has 2 aromatic rings. The van der Waals surface area contributed by atoms with Gasteiger partial charge in [0.25, 0.3) is 6.01 Å². The van der Waals surface area contributed by atoms with Crippen molar-refractivity contribution >= 4 is 12.0 Å². The standard InChI is InChI=1S/C8H7N3O4/c12-7(13)6-4-14-8(10-6)9-3-5-1-2-15-11-5/h1-2,4H,3H2,(H,9,10)(H,12,13). The minimum Gasteiger partial charge on any atom is -0.476 e. The van der Waals surface area contributed by atoms with Gasteiger partial charge in [0.15, 0.2) is 5.69 Å². The Morgan fingerprint density at radius 1 is 1.60 bits per heavy atom. The molecule has 0 aliphatic heterocycles. The third kappa shape index (κ3) is 2.13. The van der Waals surface area contributed by atoms with Gasteiger partial charge in [-0.15, -0.1) is 0 Å². The van der Waals surface area contributed by atoms with Gasteiger partial charge in [0, 0.05) is 6.07 Å². The van der Waals surface area contributed by atoms with Crippen molar-refractivity contribution in [1.82, 2.24) is 10.1 Å². The summed E-state index contributed by atoms with van der Waals surface area (Å²) >= 11 is 0. The fourth-order valence-corrected chi connectivity index (χ4v) is 0.948. The van der Waals surface area contributed by atoms with E-state index in [2.05, 4.69) is 20.0 Å². The minimum absolute atomic E-state index is 0.135. The first-order valence-electron chi connectivity index (χ1n) is 4.07. The number of oxazole rings is 1. The molecule has 15 heavy (non-hydrogen) atoms. The van der Waals surface area contributed by atoms with Gasteiger partial charge in [-0.25, -0.2) is 4.79 Å². The molecule has 2 heterocycles. The zero-order valence-corrected chi connectivity index (χ0v) is 7.51. The lowest BCUT2D eigenvalue weighted by Gasteiger charge is -1.95. The van der Waals surface area contributed by atoms with Crippen LogP contribution in [0.1, 0.15) is 16.2 Å². The molecule has 0 unspecified atom stereocenters. The molecule has 0 saturated carbocycles. The van der Waals surface area contributed by atoms with Gasteiger partial charge >= 0.3 is 5.97 Å². The number of aromatic carboxylic acids is 1. The van der Waals surface area contributed by atoms with E-state index in [4.69, 9.17) is 9.52 Å². The maximum Gasteiger partial charge on any atom is 0.357 e. The molecule has 0 radical (unpaired) electrons. The van der Waals surface area contributed by atoms with E-state index in [1.54, 1.807) is 6.07 Å². The number of aromatic nitrogens is 2. The van der Waals surface area contributed by atoms with Crippen molar-refractivity contribution in [1.29, 1.82) is 0 Å². The van der Waals surface area contributed by atoms with Crippen LogP contribution >= 0.6 is 0 Å². The van der Waals surface area contributed by atoms with Gasteiger partial charge < -0.3 is 19.4 Å². The average molecular weight is 209 g/mol. The molecule has 0 atom stereocenters. The van der Waals surface area contributed by atoms with Crippen LogP contribution in [-0.4, -0.2) is 21.2 Å². The minimum atomic E-state index is -1.13. The van der Waals surface area contributed by atoms with Crippen molar-refractivity contribution in [2.75, 3.05) is 5.32 Å². The van der Waals surface area contributed by atoms with Crippen LogP contribution < -0.4 is 5.32 Å². The molecule has 0 aliphatic carbocycles. The largest absolute Gasteiger partial charge is 0.476 e. The molecule has 78 valence electrons. The zero-order chi connectivity index (χ0) is 10.7. The van der Waals surface area contributed by atoms with Crippen LogP contribution in [0.4, 0.5) is 6.01 Å². The van der Waals surface area contributed by atoms with E-state index in [-0.39, 0.29) is 11.7 Å². The molecule has 0 aliphatic rings. The van der Waals surface area contributed by atoms with E-state index in [1.165, 1.54) is 6.26 Å². The Kier molecular flexibility index (Phi) is 2.36. The number of anilines is 1. The molecule has 0 bridgehead atoms. The monoisotopic (exact) mass is 209 g/mol. The second-order valence-corrected chi connectivity index (χ2v) is 2.69. The lowest BCUT2D eigenvalue weighted by molar-refractivity contribution is 0.0690. The van der Waals surface area contributed by atoms with E-state index < -0.39 is 5.97 Å². The van der Waals surface area contributed by atoms with Gasteiger partial charge in [0.2, 0.25) is 0 Å². The summed E-state index contributed by atoms with van der Waals surface area (Å²) in [6.45, 7) is 0.357. The summed E-state index contributed by atoms with van der Waals surface area (Å²) in [5.41, 5.74) is 0.530. The Hall–Kier alpha value is -2.31. The maximum absolute atomic E-state index is 10.5. The van der Waals surface area contributed by atoms with E-state index in [0.29, 0.717) is 12.2 Å². The Bertz CT molecular complexity index is 448.